The molecule has 0 saturated carbocycles. The summed E-state index contributed by atoms with van der Waals surface area (Å²) in [7, 11) is 0. The normalized spacial score (nSPS) is 12.4. The number of carbonyl (C=O) groups excluding carboxylic acids is 1. The third kappa shape index (κ3) is 4.65. The second-order valence-electron chi connectivity index (χ2n) is 6.00. The lowest BCUT2D eigenvalue weighted by Gasteiger charge is -2.15. The van der Waals surface area contributed by atoms with Crippen molar-refractivity contribution in [3.05, 3.63) is 36.2 Å². The van der Waals surface area contributed by atoms with Crippen molar-refractivity contribution in [3.63, 3.8) is 0 Å². The third-order valence-corrected chi connectivity index (χ3v) is 3.52. The summed E-state index contributed by atoms with van der Waals surface area (Å²) >= 11 is 0. The van der Waals surface area contributed by atoms with Crippen LogP contribution in [0.4, 0.5) is 0 Å². The highest BCUT2D eigenvalue weighted by atomic mass is 16.1. The molecule has 1 aromatic heterocycles. The number of hydrogen-bond acceptors (Lipinski definition) is 4. The molecule has 6 heteroatoms. The first kappa shape index (κ1) is 16.1. The monoisotopic (exact) mass is 301 g/mol. The number of nitrogens with one attached hydrogen (secondary N) is 1. The van der Waals surface area contributed by atoms with Crippen molar-refractivity contribution in [1.29, 1.82) is 0 Å². The molecule has 0 radical (unpaired) electrons. The number of nitrogens with zero attached hydrogens (tertiary/aromatic N) is 4. The Bertz CT molecular complexity index is 594. The van der Waals surface area contributed by atoms with E-state index < -0.39 is 0 Å². The first-order chi connectivity index (χ1) is 10.6. The van der Waals surface area contributed by atoms with E-state index in [1.807, 2.05) is 19.1 Å². The van der Waals surface area contributed by atoms with Crippen molar-refractivity contribution in [1.82, 2.24) is 25.5 Å². The van der Waals surface area contributed by atoms with Crippen molar-refractivity contribution >= 4 is 5.91 Å². The van der Waals surface area contributed by atoms with Gasteiger partial charge in [-0.3, -0.25) is 4.79 Å². The first-order valence-electron chi connectivity index (χ1n) is 7.70. The smallest absolute Gasteiger partial charge is 0.251 e. The Morgan fingerprint density at radius 3 is 2.77 bits per heavy atom. The van der Waals surface area contributed by atoms with Crippen molar-refractivity contribution in [2.45, 2.75) is 46.1 Å². The molecule has 1 N–H and O–H groups in total. The van der Waals surface area contributed by atoms with E-state index in [-0.39, 0.29) is 11.9 Å². The number of carbonyl (C=O) groups is 1. The van der Waals surface area contributed by atoms with Crippen LogP contribution >= 0.6 is 0 Å². The molecule has 118 valence electrons. The van der Waals surface area contributed by atoms with Crippen LogP contribution in [-0.4, -0.2) is 32.2 Å². The highest BCUT2D eigenvalue weighted by Crippen LogP contribution is 2.11. The summed E-state index contributed by atoms with van der Waals surface area (Å²) in [6, 6.07) is 7.44. The molecule has 0 aliphatic rings. The highest BCUT2D eigenvalue weighted by molar-refractivity contribution is 5.94. The van der Waals surface area contributed by atoms with Gasteiger partial charge in [-0.2, -0.15) is 0 Å². The molecule has 0 bridgehead atoms. The summed E-state index contributed by atoms with van der Waals surface area (Å²) in [5, 5.41) is 14.1. The first-order valence-corrected chi connectivity index (χ1v) is 7.70. The van der Waals surface area contributed by atoms with E-state index in [2.05, 4.69) is 34.7 Å². The number of benzene rings is 1. The van der Waals surface area contributed by atoms with Gasteiger partial charge < -0.3 is 5.32 Å². The molecule has 6 nitrogen and oxygen atoms in total. The van der Waals surface area contributed by atoms with Crippen molar-refractivity contribution in [3.8, 4) is 5.69 Å². The van der Waals surface area contributed by atoms with Crippen LogP contribution in [-0.2, 0) is 0 Å². The van der Waals surface area contributed by atoms with E-state index in [1.165, 1.54) is 17.4 Å². The van der Waals surface area contributed by atoms with E-state index in [0.717, 1.165) is 18.5 Å². The third-order valence-electron chi connectivity index (χ3n) is 3.52. The average molecular weight is 301 g/mol. The lowest BCUT2D eigenvalue weighted by Crippen LogP contribution is -2.32. The molecule has 1 heterocycles. The van der Waals surface area contributed by atoms with Gasteiger partial charge >= 0.3 is 0 Å². The lowest BCUT2D eigenvalue weighted by atomic mass is 10.0. The standard InChI is InChI=1S/C16H23N5O/c1-12(2)6-4-7-13(3)18-16(22)14-8-5-9-15(10-14)21-11-17-19-20-21/h5,8-13H,4,6-7H2,1-3H3,(H,18,22). The van der Waals surface area contributed by atoms with Crippen molar-refractivity contribution < 1.29 is 4.79 Å². The molecule has 2 aromatic rings. The Labute approximate surface area is 130 Å². The van der Waals surface area contributed by atoms with Gasteiger partial charge in [0.1, 0.15) is 6.33 Å². The SMILES string of the molecule is CC(C)CCCC(C)NC(=O)c1cccc(-n2cnnn2)c1. The Morgan fingerprint density at radius 2 is 2.09 bits per heavy atom. The zero-order chi connectivity index (χ0) is 15.9. The largest absolute Gasteiger partial charge is 0.350 e. The summed E-state index contributed by atoms with van der Waals surface area (Å²) in [5.41, 5.74) is 1.38. The van der Waals surface area contributed by atoms with Gasteiger partial charge in [-0.15, -0.1) is 5.10 Å². The van der Waals surface area contributed by atoms with E-state index in [1.54, 1.807) is 12.1 Å². The van der Waals surface area contributed by atoms with Crippen LogP contribution in [0, 0.1) is 5.92 Å². The fourth-order valence-electron chi connectivity index (χ4n) is 2.28. The van der Waals surface area contributed by atoms with Crippen molar-refractivity contribution in [2.75, 3.05) is 0 Å². The maximum atomic E-state index is 12.3. The molecule has 0 aliphatic carbocycles. The lowest BCUT2D eigenvalue weighted by molar-refractivity contribution is 0.0937. The molecule has 0 saturated heterocycles. The zero-order valence-electron chi connectivity index (χ0n) is 13.4. The Kier molecular flexibility index (Phi) is 5.63. The van der Waals surface area contributed by atoms with Crippen LogP contribution in [0.2, 0.25) is 0 Å². The van der Waals surface area contributed by atoms with Crippen LogP contribution in [0.1, 0.15) is 50.4 Å². The average Bonchev–Trinajstić information content (AvgIpc) is 3.01. The maximum absolute atomic E-state index is 12.3. The van der Waals surface area contributed by atoms with Gasteiger partial charge in [0, 0.05) is 11.6 Å². The number of rotatable bonds is 7. The predicted molar refractivity (Wildman–Crippen MR) is 84.8 cm³/mol. The molecule has 22 heavy (non-hydrogen) atoms. The number of aromatic nitrogens is 4. The Hall–Kier alpha value is -2.24. The predicted octanol–water partition coefficient (Wildman–Crippen LogP) is 2.61. The van der Waals surface area contributed by atoms with Crippen LogP contribution in [0.3, 0.4) is 0 Å². The van der Waals surface area contributed by atoms with Crippen LogP contribution in [0.15, 0.2) is 30.6 Å². The molecule has 1 atom stereocenters. The van der Waals surface area contributed by atoms with Gasteiger partial charge in [0.2, 0.25) is 0 Å². The molecule has 1 aromatic carbocycles. The topological polar surface area (TPSA) is 72.7 Å². The fraction of sp³-hybridized carbons (Fsp3) is 0.500. The fourth-order valence-corrected chi connectivity index (χ4v) is 2.28. The van der Waals surface area contributed by atoms with Crippen LogP contribution in [0.25, 0.3) is 5.69 Å². The highest BCUT2D eigenvalue weighted by Gasteiger charge is 2.11. The van der Waals surface area contributed by atoms with E-state index in [4.69, 9.17) is 0 Å². The summed E-state index contributed by atoms with van der Waals surface area (Å²) in [6.45, 7) is 6.48. The number of hydrogen-bond donors (Lipinski definition) is 1. The molecular formula is C16H23N5O. The minimum Gasteiger partial charge on any atom is -0.350 e. The summed E-state index contributed by atoms with van der Waals surface area (Å²) < 4.78 is 1.53. The molecule has 1 unspecified atom stereocenters. The second kappa shape index (κ2) is 7.68. The molecule has 0 spiro atoms. The number of amides is 1. The van der Waals surface area contributed by atoms with Gasteiger partial charge in [-0.1, -0.05) is 32.8 Å². The van der Waals surface area contributed by atoms with Gasteiger partial charge in [0.25, 0.3) is 5.91 Å². The minimum atomic E-state index is -0.0630. The van der Waals surface area contributed by atoms with E-state index in [9.17, 15) is 4.79 Å². The molecule has 0 aliphatic heterocycles. The van der Waals surface area contributed by atoms with E-state index in [0.29, 0.717) is 11.5 Å². The molecule has 2 rings (SSSR count). The maximum Gasteiger partial charge on any atom is 0.251 e. The van der Waals surface area contributed by atoms with Crippen molar-refractivity contribution in [2.24, 2.45) is 5.92 Å². The quantitative estimate of drug-likeness (QED) is 0.853. The molecular weight excluding hydrogens is 278 g/mol. The number of tetrazole rings is 1. The van der Waals surface area contributed by atoms with Gasteiger partial charge in [0.05, 0.1) is 5.69 Å². The van der Waals surface area contributed by atoms with Gasteiger partial charge in [0.15, 0.2) is 0 Å². The summed E-state index contributed by atoms with van der Waals surface area (Å²) in [5.74, 6) is 0.642. The zero-order valence-corrected chi connectivity index (χ0v) is 13.4. The van der Waals surface area contributed by atoms with Crippen LogP contribution in [0.5, 0.6) is 0 Å². The van der Waals surface area contributed by atoms with Gasteiger partial charge in [-0.05, 0) is 47.9 Å². The summed E-state index contributed by atoms with van der Waals surface area (Å²) in [4.78, 5) is 12.3. The Morgan fingerprint density at radius 1 is 1.27 bits per heavy atom. The van der Waals surface area contributed by atoms with Gasteiger partial charge in [-0.25, -0.2) is 4.68 Å². The second-order valence-corrected chi connectivity index (χ2v) is 6.00. The molecule has 0 fully saturated rings. The molecule has 1 amide bonds. The minimum absolute atomic E-state index is 0.0630. The summed E-state index contributed by atoms with van der Waals surface area (Å²) in [6.07, 6.45) is 4.82. The Balaban J connectivity index is 1.94. The van der Waals surface area contributed by atoms with Crippen LogP contribution < -0.4 is 5.32 Å². The van der Waals surface area contributed by atoms with E-state index >= 15 is 0 Å².